The van der Waals surface area contributed by atoms with Crippen molar-refractivity contribution in [1.29, 1.82) is 0 Å². The first-order valence-corrected chi connectivity index (χ1v) is 7.98. The fourth-order valence-electron chi connectivity index (χ4n) is 2.28. The van der Waals surface area contributed by atoms with Gasteiger partial charge in [0.1, 0.15) is 6.10 Å². The van der Waals surface area contributed by atoms with Crippen molar-refractivity contribution in [3.05, 3.63) is 0 Å². The second-order valence-corrected chi connectivity index (χ2v) is 5.38. The number of hydrogen-bond acceptors (Lipinski definition) is 3. The molecule has 116 valence electrons. The molecule has 0 bridgehead atoms. The Hall–Kier alpha value is 0.430. The fraction of sp³-hybridized carbons (Fsp3) is 0.938. The number of rotatable bonds is 13. The van der Waals surface area contributed by atoms with Crippen LogP contribution in [0.2, 0.25) is 0 Å². The minimum absolute atomic E-state index is 0. The van der Waals surface area contributed by atoms with Gasteiger partial charge in [0.05, 0.1) is 6.61 Å². The van der Waals surface area contributed by atoms with E-state index in [0.29, 0.717) is 0 Å². The van der Waals surface area contributed by atoms with E-state index >= 15 is 0 Å². The molecule has 0 spiro atoms. The van der Waals surface area contributed by atoms with Crippen LogP contribution in [0.3, 0.4) is 0 Å². The van der Waals surface area contributed by atoms with Gasteiger partial charge < -0.3 is 11.3 Å². The smallest absolute Gasteiger partial charge is 1.00 e. The average molecular weight is 296 g/mol. The molecule has 3 nitrogen and oxygen atoms in total. The summed E-state index contributed by atoms with van der Waals surface area (Å²) in [4.78, 5) is 10.8. The Balaban J connectivity index is -0.00000162. The van der Waals surface area contributed by atoms with Crippen LogP contribution in [0.5, 0.6) is 0 Å². The van der Waals surface area contributed by atoms with E-state index in [2.05, 4.69) is 6.92 Å². The Morgan fingerprint density at radius 3 is 1.85 bits per heavy atom. The van der Waals surface area contributed by atoms with E-state index in [4.69, 9.17) is 9.84 Å². The number of carbonyl (C=O) groups excluding carboxylic acids is 1. The molecule has 0 aliphatic rings. The molecule has 0 saturated heterocycles. The predicted octanol–water partition coefficient (Wildman–Crippen LogP) is 1.34. The van der Waals surface area contributed by atoms with E-state index in [1.807, 2.05) is 0 Å². The van der Waals surface area contributed by atoms with Gasteiger partial charge in [-0.05, 0) is 12.8 Å². The van der Waals surface area contributed by atoms with Crippen molar-refractivity contribution in [1.82, 2.24) is 0 Å². The summed E-state index contributed by atoms with van der Waals surface area (Å²) in [7, 11) is 0. The largest absolute Gasteiger partial charge is 1.00 e. The molecule has 4 heteroatoms. The van der Waals surface area contributed by atoms with Crippen LogP contribution in [-0.4, -0.2) is 23.8 Å². The summed E-state index contributed by atoms with van der Waals surface area (Å²) in [6.45, 7) is 3.58. The van der Waals surface area contributed by atoms with Gasteiger partial charge >= 0.3 is 35.5 Å². The molecule has 0 aliphatic heterocycles. The van der Waals surface area contributed by atoms with Crippen molar-refractivity contribution >= 4 is 5.97 Å². The summed E-state index contributed by atoms with van der Waals surface area (Å²) >= 11 is 0. The Labute approximate surface area is 148 Å². The number of aliphatic hydroxyl groups is 1. The maximum atomic E-state index is 10.8. The van der Waals surface area contributed by atoms with Crippen LogP contribution in [-0.2, 0) is 9.53 Å². The molecule has 0 amide bonds. The molecular formula is C16H33NaO3. The average Bonchev–Trinajstić information content (AvgIpc) is 2.39. The number of ether oxygens (including phenoxy) is 1. The van der Waals surface area contributed by atoms with Gasteiger partial charge in [-0.1, -0.05) is 64.7 Å². The zero-order chi connectivity index (χ0) is 14.3. The fourth-order valence-corrected chi connectivity index (χ4v) is 2.28. The number of esters is 1. The van der Waals surface area contributed by atoms with Crippen LogP contribution in [0.15, 0.2) is 0 Å². The van der Waals surface area contributed by atoms with E-state index in [1.165, 1.54) is 64.7 Å². The molecule has 0 heterocycles. The van der Waals surface area contributed by atoms with Crippen molar-refractivity contribution in [3.63, 3.8) is 0 Å². The molecule has 0 aliphatic carbocycles. The maximum Gasteiger partial charge on any atom is 1.00 e. The normalized spacial score (nSPS) is 11.8. The predicted molar refractivity (Wildman–Crippen MR) is 80.2 cm³/mol. The topological polar surface area (TPSA) is 46.5 Å². The van der Waals surface area contributed by atoms with Crippen molar-refractivity contribution in [2.45, 2.75) is 90.6 Å². The van der Waals surface area contributed by atoms with Crippen molar-refractivity contribution < 1.29 is 45.6 Å². The van der Waals surface area contributed by atoms with E-state index < -0.39 is 0 Å². The Bertz CT molecular complexity index is 216. The van der Waals surface area contributed by atoms with E-state index in [1.54, 1.807) is 0 Å². The van der Waals surface area contributed by atoms with Gasteiger partial charge in [-0.3, -0.25) is 4.79 Å². The van der Waals surface area contributed by atoms with E-state index in [0.717, 1.165) is 12.8 Å². The summed E-state index contributed by atoms with van der Waals surface area (Å²) in [6.07, 6.45) is 13.4. The van der Waals surface area contributed by atoms with Gasteiger partial charge in [0, 0.05) is 6.92 Å². The van der Waals surface area contributed by atoms with Crippen molar-refractivity contribution in [2.24, 2.45) is 0 Å². The Morgan fingerprint density at radius 1 is 1.00 bits per heavy atom. The number of unbranched alkanes of at least 4 members (excludes halogenated alkanes) is 9. The van der Waals surface area contributed by atoms with Gasteiger partial charge in [0.15, 0.2) is 0 Å². The van der Waals surface area contributed by atoms with Gasteiger partial charge in [-0.25, -0.2) is 0 Å². The van der Waals surface area contributed by atoms with E-state index in [9.17, 15) is 4.79 Å². The third kappa shape index (κ3) is 16.5. The molecule has 20 heavy (non-hydrogen) atoms. The molecular weight excluding hydrogens is 263 g/mol. The van der Waals surface area contributed by atoms with Gasteiger partial charge in [0.2, 0.25) is 0 Å². The molecule has 0 radical (unpaired) electrons. The SMILES string of the molecule is CCCCCCCCCCCCC(CO)OC(C)=O.[H-].[Na+]. The standard InChI is InChI=1S/C16H32O3.Na.H/c1-3-4-5-6-7-8-9-10-11-12-13-16(14-17)19-15(2)18;;/h16-17H,3-14H2,1-2H3;;/q;+1;-1. The first-order valence-electron chi connectivity index (χ1n) is 7.98. The van der Waals surface area contributed by atoms with Crippen molar-refractivity contribution in [2.75, 3.05) is 6.61 Å². The van der Waals surface area contributed by atoms with Gasteiger partial charge in [-0.2, -0.15) is 0 Å². The van der Waals surface area contributed by atoms with Crippen LogP contribution in [0.4, 0.5) is 0 Å². The third-order valence-electron chi connectivity index (χ3n) is 3.42. The Morgan fingerprint density at radius 2 is 1.45 bits per heavy atom. The summed E-state index contributed by atoms with van der Waals surface area (Å²) < 4.78 is 4.99. The van der Waals surface area contributed by atoms with Crippen LogP contribution in [0.1, 0.15) is 85.9 Å². The van der Waals surface area contributed by atoms with Gasteiger partial charge in [-0.15, -0.1) is 0 Å². The van der Waals surface area contributed by atoms with Crippen LogP contribution in [0, 0.1) is 0 Å². The summed E-state index contributed by atoms with van der Waals surface area (Å²) in [5.74, 6) is -0.300. The van der Waals surface area contributed by atoms with Crippen LogP contribution in [0.25, 0.3) is 0 Å². The molecule has 1 unspecified atom stereocenters. The Kier molecular flexibility index (Phi) is 19.8. The number of carbonyl (C=O) groups is 1. The van der Waals surface area contributed by atoms with Gasteiger partial charge in [0.25, 0.3) is 0 Å². The van der Waals surface area contributed by atoms with Crippen LogP contribution >= 0.6 is 0 Å². The molecule has 0 aromatic carbocycles. The molecule has 1 N–H and O–H groups in total. The molecule has 0 aromatic rings. The third-order valence-corrected chi connectivity index (χ3v) is 3.42. The molecule has 0 fully saturated rings. The van der Waals surface area contributed by atoms with Crippen molar-refractivity contribution in [3.8, 4) is 0 Å². The maximum absolute atomic E-state index is 10.8. The molecule has 0 aromatic heterocycles. The first kappa shape index (κ1) is 22.7. The molecule has 1 atom stereocenters. The molecule has 0 rings (SSSR count). The summed E-state index contributed by atoms with van der Waals surface area (Å²) in [5, 5.41) is 9.04. The van der Waals surface area contributed by atoms with E-state index in [-0.39, 0.29) is 49.7 Å². The minimum atomic E-state index is -0.300. The quantitative estimate of drug-likeness (QED) is 0.317. The van der Waals surface area contributed by atoms with Crippen LogP contribution < -0.4 is 29.6 Å². The monoisotopic (exact) mass is 296 g/mol. The number of hydrogen-bond donors (Lipinski definition) is 1. The zero-order valence-corrected chi connectivity index (χ0v) is 15.8. The second-order valence-electron chi connectivity index (χ2n) is 5.38. The minimum Gasteiger partial charge on any atom is -1.00 e. The second kappa shape index (κ2) is 17.5. The summed E-state index contributed by atoms with van der Waals surface area (Å²) in [5.41, 5.74) is 0. The number of aliphatic hydroxyl groups excluding tert-OH is 1. The zero-order valence-electron chi connectivity index (χ0n) is 14.8. The molecule has 0 saturated carbocycles. The first-order chi connectivity index (χ1) is 9.20. The summed E-state index contributed by atoms with van der Waals surface area (Å²) in [6, 6.07) is 0.